The number of aliphatic hydroxyl groups excluding tert-OH is 1. The van der Waals surface area contributed by atoms with E-state index in [-0.39, 0.29) is 23.7 Å². The van der Waals surface area contributed by atoms with Gasteiger partial charge in [0.05, 0.1) is 6.54 Å². The van der Waals surface area contributed by atoms with Crippen LogP contribution in [-0.2, 0) is 13.3 Å². The predicted molar refractivity (Wildman–Crippen MR) is 60.1 cm³/mol. The van der Waals surface area contributed by atoms with Crippen molar-refractivity contribution in [1.82, 2.24) is 19.1 Å². The lowest BCUT2D eigenvalue weighted by Gasteiger charge is -1.96. The molecule has 0 aliphatic carbocycles. The molecule has 0 fully saturated rings. The molecule has 2 rings (SSSR count). The SMILES string of the molecule is C#CCn1c(=O)n(CO)c2nc(N)[nH]c(=O)c21. The highest BCUT2D eigenvalue weighted by molar-refractivity contribution is 5.71. The van der Waals surface area contributed by atoms with Crippen LogP contribution in [0.1, 0.15) is 0 Å². The first kappa shape index (κ1) is 11.0. The fraction of sp³-hybridized carbons (Fsp3) is 0.222. The van der Waals surface area contributed by atoms with Crippen LogP contribution < -0.4 is 17.0 Å². The van der Waals surface area contributed by atoms with E-state index in [1.807, 2.05) is 0 Å². The van der Waals surface area contributed by atoms with Gasteiger partial charge < -0.3 is 10.8 Å². The van der Waals surface area contributed by atoms with E-state index in [1.165, 1.54) is 0 Å². The van der Waals surface area contributed by atoms with E-state index in [0.717, 1.165) is 9.13 Å². The van der Waals surface area contributed by atoms with E-state index < -0.39 is 18.0 Å². The van der Waals surface area contributed by atoms with Crippen molar-refractivity contribution in [3.8, 4) is 12.3 Å². The van der Waals surface area contributed by atoms with Gasteiger partial charge in [0.2, 0.25) is 5.95 Å². The van der Waals surface area contributed by atoms with E-state index in [1.54, 1.807) is 0 Å². The summed E-state index contributed by atoms with van der Waals surface area (Å²) in [6.45, 7) is -0.695. The van der Waals surface area contributed by atoms with E-state index in [4.69, 9.17) is 17.3 Å². The largest absolute Gasteiger partial charge is 0.376 e. The molecule has 17 heavy (non-hydrogen) atoms. The number of nitrogens with one attached hydrogen (secondary N) is 1. The zero-order valence-corrected chi connectivity index (χ0v) is 8.67. The first-order valence-electron chi connectivity index (χ1n) is 4.63. The molecule has 2 aromatic heterocycles. The smallest absolute Gasteiger partial charge is 0.333 e. The van der Waals surface area contributed by atoms with Crippen LogP contribution >= 0.6 is 0 Å². The van der Waals surface area contributed by atoms with Gasteiger partial charge in [0.15, 0.2) is 11.2 Å². The number of fused-ring (bicyclic) bond motifs is 1. The van der Waals surface area contributed by atoms with E-state index in [9.17, 15) is 9.59 Å². The molecule has 0 aromatic carbocycles. The maximum atomic E-state index is 11.8. The molecule has 8 heteroatoms. The van der Waals surface area contributed by atoms with Crippen molar-refractivity contribution in [2.75, 3.05) is 5.73 Å². The Labute approximate surface area is 94.3 Å². The molecule has 0 radical (unpaired) electrons. The highest BCUT2D eigenvalue weighted by Crippen LogP contribution is 2.05. The minimum absolute atomic E-state index is 0.00352. The number of imidazole rings is 1. The van der Waals surface area contributed by atoms with Crippen molar-refractivity contribution < 1.29 is 5.11 Å². The average Bonchev–Trinajstić information content (AvgIpc) is 2.52. The van der Waals surface area contributed by atoms with Crippen LogP contribution in [-0.4, -0.2) is 24.2 Å². The van der Waals surface area contributed by atoms with E-state index in [0.29, 0.717) is 0 Å². The molecule has 2 heterocycles. The second-order valence-corrected chi connectivity index (χ2v) is 3.27. The zero-order valence-electron chi connectivity index (χ0n) is 8.67. The van der Waals surface area contributed by atoms with Gasteiger partial charge in [0.1, 0.15) is 6.73 Å². The maximum absolute atomic E-state index is 11.8. The second kappa shape index (κ2) is 3.80. The van der Waals surface area contributed by atoms with Crippen molar-refractivity contribution >= 4 is 17.1 Å². The number of aliphatic hydroxyl groups is 1. The van der Waals surface area contributed by atoms with Gasteiger partial charge in [-0.05, 0) is 0 Å². The number of nitrogens with zero attached hydrogens (tertiary/aromatic N) is 3. The molecule has 8 nitrogen and oxygen atoms in total. The number of nitrogen functional groups attached to an aromatic ring is 1. The van der Waals surface area contributed by atoms with Gasteiger partial charge in [-0.1, -0.05) is 5.92 Å². The lowest BCUT2D eigenvalue weighted by molar-refractivity contribution is 0.209. The van der Waals surface area contributed by atoms with Crippen molar-refractivity contribution in [2.24, 2.45) is 0 Å². The molecule has 88 valence electrons. The topological polar surface area (TPSA) is 119 Å². The molecule has 4 N–H and O–H groups in total. The van der Waals surface area contributed by atoms with E-state index in [2.05, 4.69) is 15.9 Å². The highest BCUT2D eigenvalue weighted by Gasteiger charge is 2.16. The van der Waals surface area contributed by atoms with Crippen LogP contribution in [0.5, 0.6) is 0 Å². The Morgan fingerprint density at radius 3 is 2.76 bits per heavy atom. The average molecular weight is 235 g/mol. The highest BCUT2D eigenvalue weighted by atomic mass is 16.3. The standard InChI is InChI=1S/C9H9N5O3/c1-2-3-13-5-6(14(4-15)9(13)17)11-8(10)12-7(5)16/h1,15H,3-4H2,(H3,10,11,12,16). The molecule has 0 saturated carbocycles. The summed E-state index contributed by atoms with van der Waals surface area (Å²) >= 11 is 0. The van der Waals surface area contributed by atoms with Crippen molar-refractivity contribution in [3.05, 3.63) is 20.8 Å². The zero-order chi connectivity index (χ0) is 12.6. The molecule has 0 atom stereocenters. The summed E-state index contributed by atoms with van der Waals surface area (Å²) in [6.07, 6.45) is 5.11. The third-order valence-electron chi connectivity index (χ3n) is 2.27. The molecule has 0 amide bonds. The Morgan fingerprint density at radius 2 is 2.18 bits per heavy atom. The molecule has 0 unspecified atom stereocenters. The molecule has 0 saturated heterocycles. The summed E-state index contributed by atoms with van der Waals surface area (Å²) < 4.78 is 1.97. The summed E-state index contributed by atoms with van der Waals surface area (Å²) in [5, 5.41) is 9.08. The van der Waals surface area contributed by atoms with Crippen LogP contribution in [0.3, 0.4) is 0 Å². The number of anilines is 1. The van der Waals surface area contributed by atoms with Gasteiger partial charge in [-0.25, -0.2) is 4.79 Å². The van der Waals surface area contributed by atoms with Crippen LogP contribution in [0.2, 0.25) is 0 Å². The molecule has 0 aliphatic heterocycles. The summed E-state index contributed by atoms with van der Waals surface area (Å²) in [4.78, 5) is 29.6. The van der Waals surface area contributed by atoms with Crippen molar-refractivity contribution in [2.45, 2.75) is 13.3 Å². The Morgan fingerprint density at radius 1 is 1.47 bits per heavy atom. The summed E-state index contributed by atoms with van der Waals surface area (Å²) in [6, 6.07) is 0. The number of hydrogen-bond acceptors (Lipinski definition) is 5. The lowest BCUT2D eigenvalue weighted by atomic mass is 10.5. The summed E-state index contributed by atoms with van der Waals surface area (Å²) in [5.74, 6) is 2.12. The quantitative estimate of drug-likeness (QED) is 0.523. The molecule has 0 spiro atoms. The normalized spacial score (nSPS) is 10.6. The Bertz CT molecular complexity index is 730. The second-order valence-electron chi connectivity index (χ2n) is 3.27. The number of H-pyrrole nitrogens is 1. The predicted octanol–water partition coefficient (Wildman–Crippen LogP) is -1.95. The minimum Gasteiger partial charge on any atom is -0.376 e. The van der Waals surface area contributed by atoms with Crippen LogP contribution in [0, 0.1) is 12.3 Å². The minimum atomic E-state index is -0.608. The van der Waals surface area contributed by atoms with Gasteiger partial charge in [-0.3, -0.25) is 18.9 Å². The fourth-order valence-electron chi connectivity index (χ4n) is 1.60. The fourth-order valence-corrected chi connectivity index (χ4v) is 1.60. The summed E-state index contributed by atoms with van der Waals surface area (Å²) in [5.41, 5.74) is 4.19. The Balaban J connectivity index is 3.02. The lowest BCUT2D eigenvalue weighted by Crippen LogP contribution is -2.25. The van der Waals surface area contributed by atoms with Crippen molar-refractivity contribution in [1.29, 1.82) is 0 Å². The number of hydrogen-bond donors (Lipinski definition) is 3. The number of aromatic nitrogens is 4. The molecule has 2 aromatic rings. The maximum Gasteiger partial charge on any atom is 0.333 e. The molecule has 0 bridgehead atoms. The van der Waals surface area contributed by atoms with Crippen molar-refractivity contribution in [3.63, 3.8) is 0 Å². The Hall–Kier alpha value is -2.53. The monoisotopic (exact) mass is 235 g/mol. The number of terminal acetylenes is 1. The Kier molecular flexibility index (Phi) is 2.45. The molecule has 0 aliphatic rings. The van der Waals surface area contributed by atoms with Gasteiger partial charge in [0, 0.05) is 0 Å². The van der Waals surface area contributed by atoms with Gasteiger partial charge >= 0.3 is 5.69 Å². The third kappa shape index (κ3) is 1.49. The van der Waals surface area contributed by atoms with Gasteiger partial charge in [-0.15, -0.1) is 6.42 Å². The van der Waals surface area contributed by atoms with Gasteiger partial charge in [0.25, 0.3) is 5.56 Å². The summed E-state index contributed by atoms with van der Waals surface area (Å²) in [7, 11) is 0. The van der Waals surface area contributed by atoms with Crippen LogP contribution in [0.25, 0.3) is 11.2 Å². The van der Waals surface area contributed by atoms with Crippen LogP contribution in [0.15, 0.2) is 9.59 Å². The third-order valence-corrected chi connectivity index (χ3v) is 2.27. The van der Waals surface area contributed by atoms with Crippen LogP contribution in [0.4, 0.5) is 5.95 Å². The van der Waals surface area contributed by atoms with Gasteiger partial charge in [-0.2, -0.15) is 4.98 Å². The number of rotatable bonds is 2. The first-order valence-corrected chi connectivity index (χ1v) is 4.63. The number of aromatic amines is 1. The molecular weight excluding hydrogens is 226 g/mol. The molecular formula is C9H9N5O3. The first-order chi connectivity index (χ1) is 8.10. The van der Waals surface area contributed by atoms with E-state index >= 15 is 0 Å². The number of nitrogens with two attached hydrogens (primary N) is 1.